The molecule has 1 aromatic heterocycles. The molecule has 0 radical (unpaired) electrons. The lowest BCUT2D eigenvalue weighted by Crippen LogP contribution is -2.38. The van der Waals surface area contributed by atoms with Crippen LogP contribution in [-0.2, 0) is 9.47 Å². The summed E-state index contributed by atoms with van der Waals surface area (Å²) in [6, 6.07) is 3.41. The minimum atomic E-state index is -0.366. The molecule has 3 heterocycles. The number of nitrogens with two attached hydrogens (primary N) is 1. The lowest BCUT2D eigenvalue weighted by atomic mass is 10.1. The van der Waals surface area contributed by atoms with E-state index in [2.05, 4.69) is 25.6 Å². The molecular weight excluding hydrogens is 394 g/mol. The summed E-state index contributed by atoms with van der Waals surface area (Å²) in [7, 11) is 0. The second-order valence-corrected chi connectivity index (χ2v) is 6.79. The molecule has 4 rings (SSSR count). The molecule has 0 spiro atoms. The zero-order valence-electron chi connectivity index (χ0n) is 16.3. The third kappa shape index (κ3) is 4.26. The van der Waals surface area contributed by atoms with Crippen molar-refractivity contribution in [3.8, 4) is 0 Å². The normalized spacial score (nSPS) is 17.5. The molecule has 2 saturated heterocycles. The van der Waals surface area contributed by atoms with Gasteiger partial charge in [-0.15, -0.1) is 10.2 Å². The number of nitro groups is 1. The molecule has 1 aromatic carbocycles. The molecule has 0 bridgehead atoms. The molecule has 160 valence electrons. The van der Waals surface area contributed by atoms with Crippen LogP contribution in [0.5, 0.6) is 0 Å². The highest BCUT2D eigenvalue weighted by Gasteiger charge is 2.26. The number of nitro benzene ring substituents is 1. The average Bonchev–Trinajstić information content (AvgIpc) is 3.19. The van der Waals surface area contributed by atoms with Crippen LogP contribution in [0.4, 0.5) is 23.0 Å². The number of anilines is 3. The average molecular weight is 417 g/mol. The maximum absolute atomic E-state index is 11.8. The predicted octanol–water partition coefficient (Wildman–Crippen LogP) is 0.0193. The third-order valence-electron chi connectivity index (χ3n) is 4.97. The van der Waals surface area contributed by atoms with E-state index in [1.54, 1.807) is 6.07 Å². The van der Waals surface area contributed by atoms with Gasteiger partial charge in [-0.05, 0) is 6.07 Å². The largest absolute Gasteiger partial charge is 0.378 e. The van der Waals surface area contributed by atoms with E-state index >= 15 is 0 Å². The van der Waals surface area contributed by atoms with Crippen molar-refractivity contribution in [2.24, 2.45) is 5.10 Å². The highest BCUT2D eigenvalue weighted by atomic mass is 16.6. The second kappa shape index (κ2) is 8.92. The van der Waals surface area contributed by atoms with E-state index in [1.807, 2.05) is 11.0 Å². The van der Waals surface area contributed by atoms with Gasteiger partial charge >= 0.3 is 0 Å². The van der Waals surface area contributed by atoms with Crippen molar-refractivity contribution in [1.82, 2.24) is 14.9 Å². The van der Waals surface area contributed by atoms with E-state index in [-0.39, 0.29) is 16.6 Å². The number of ether oxygens (including phenoxy) is 2. The number of nitrogens with zero attached hydrogens (tertiary/aromatic N) is 7. The zero-order chi connectivity index (χ0) is 20.9. The first-order valence-corrected chi connectivity index (χ1v) is 9.55. The first-order chi connectivity index (χ1) is 14.6. The fourth-order valence-electron chi connectivity index (χ4n) is 3.45. The maximum atomic E-state index is 11.8. The van der Waals surface area contributed by atoms with Crippen LogP contribution in [0, 0.1) is 10.1 Å². The molecule has 13 nitrogen and oxygen atoms in total. The number of benzene rings is 1. The van der Waals surface area contributed by atoms with E-state index in [0.29, 0.717) is 63.9 Å². The topological polar surface area (TPSA) is 149 Å². The van der Waals surface area contributed by atoms with Gasteiger partial charge in [0, 0.05) is 43.5 Å². The van der Waals surface area contributed by atoms with Gasteiger partial charge in [-0.1, -0.05) is 0 Å². The first kappa shape index (κ1) is 19.8. The molecule has 30 heavy (non-hydrogen) atoms. The molecule has 0 atom stereocenters. The Morgan fingerprint density at radius 3 is 2.30 bits per heavy atom. The molecule has 0 unspecified atom stereocenters. The van der Waals surface area contributed by atoms with Gasteiger partial charge in [0.15, 0.2) is 0 Å². The number of hydrazone groups is 1. The zero-order valence-corrected chi connectivity index (χ0v) is 16.3. The molecule has 0 aliphatic carbocycles. The SMILES string of the molecule is Nn1cnnc1N/N=C\c1cc([N+](=O)[O-])c(N2CCOCC2)cc1N1CCOCC1. The fourth-order valence-corrected chi connectivity index (χ4v) is 3.45. The van der Waals surface area contributed by atoms with Gasteiger partial charge in [0.2, 0.25) is 0 Å². The molecule has 3 N–H and O–H groups in total. The molecule has 2 aliphatic heterocycles. The van der Waals surface area contributed by atoms with Gasteiger partial charge in [0.25, 0.3) is 11.6 Å². The van der Waals surface area contributed by atoms with Crippen molar-refractivity contribution in [3.63, 3.8) is 0 Å². The van der Waals surface area contributed by atoms with Gasteiger partial charge in [0.05, 0.1) is 37.6 Å². The Labute approximate surface area is 172 Å². The van der Waals surface area contributed by atoms with Crippen LogP contribution in [0.25, 0.3) is 0 Å². The van der Waals surface area contributed by atoms with Gasteiger partial charge in [-0.3, -0.25) is 10.1 Å². The predicted molar refractivity (Wildman–Crippen MR) is 111 cm³/mol. The summed E-state index contributed by atoms with van der Waals surface area (Å²) in [5, 5.41) is 23.4. The van der Waals surface area contributed by atoms with Gasteiger partial charge in [-0.2, -0.15) is 5.10 Å². The van der Waals surface area contributed by atoms with Crippen LogP contribution in [0.3, 0.4) is 0 Å². The Balaban J connectivity index is 1.71. The standard InChI is InChI=1S/C17H23N9O4/c18-25-12-20-22-17(25)21-19-11-13-9-16(26(27)28)15(24-3-7-30-8-4-24)10-14(13)23-1-5-29-6-2-23/h9-12H,1-8,18H2,(H,21,22)/b19-11-. The van der Waals surface area contributed by atoms with Crippen LogP contribution in [0.1, 0.15) is 5.56 Å². The van der Waals surface area contributed by atoms with E-state index in [4.69, 9.17) is 15.3 Å². The van der Waals surface area contributed by atoms with Crippen molar-refractivity contribution >= 4 is 29.2 Å². The van der Waals surface area contributed by atoms with E-state index in [9.17, 15) is 10.1 Å². The summed E-state index contributed by atoms with van der Waals surface area (Å²) >= 11 is 0. The van der Waals surface area contributed by atoms with Crippen molar-refractivity contribution in [1.29, 1.82) is 0 Å². The fraction of sp³-hybridized carbons (Fsp3) is 0.471. The van der Waals surface area contributed by atoms with E-state index < -0.39 is 0 Å². The minimum Gasteiger partial charge on any atom is -0.378 e. The Kier molecular flexibility index (Phi) is 5.90. The summed E-state index contributed by atoms with van der Waals surface area (Å²) in [6.07, 6.45) is 2.86. The Morgan fingerprint density at radius 2 is 1.73 bits per heavy atom. The first-order valence-electron chi connectivity index (χ1n) is 9.55. The molecule has 0 amide bonds. The number of hydrogen-bond acceptors (Lipinski definition) is 11. The number of rotatable bonds is 6. The van der Waals surface area contributed by atoms with Crippen molar-refractivity contribution < 1.29 is 14.4 Å². The number of morpholine rings is 2. The van der Waals surface area contributed by atoms with Gasteiger partial charge in [0.1, 0.15) is 12.0 Å². The maximum Gasteiger partial charge on any atom is 0.293 e. The van der Waals surface area contributed by atoms with Crippen LogP contribution in [0.15, 0.2) is 23.6 Å². The van der Waals surface area contributed by atoms with Crippen molar-refractivity contribution in [3.05, 3.63) is 34.1 Å². The summed E-state index contributed by atoms with van der Waals surface area (Å²) in [5.41, 5.74) is 4.76. The summed E-state index contributed by atoms with van der Waals surface area (Å²) in [6.45, 7) is 4.84. The third-order valence-corrected chi connectivity index (χ3v) is 4.97. The van der Waals surface area contributed by atoms with Crippen LogP contribution < -0.4 is 21.1 Å². The number of hydrogen-bond donors (Lipinski definition) is 2. The van der Waals surface area contributed by atoms with E-state index in [1.165, 1.54) is 17.2 Å². The molecule has 13 heteroatoms. The summed E-state index contributed by atoms with van der Waals surface area (Å²) in [5.74, 6) is 5.91. The molecule has 2 aromatic rings. The van der Waals surface area contributed by atoms with Gasteiger partial charge < -0.3 is 25.1 Å². The lowest BCUT2D eigenvalue weighted by Gasteiger charge is -2.33. The lowest BCUT2D eigenvalue weighted by molar-refractivity contribution is -0.384. The highest BCUT2D eigenvalue weighted by Crippen LogP contribution is 2.36. The number of nitrogens with one attached hydrogen (secondary N) is 1. The van der Waals surface area contributed by atoms with E-state index in [0.717, 1.165) is 5.69 Å². The summed E-state index contributed by atoms with van der Waals surface area (Å²) in [4.78, 5) is 15.6. The van der Waals surface area contributed by atoms with Crippen molar-refractivity contribution in [2.75, 3.05) is 73.7 Å². The van der Waals surface area contributed by atoms with Gasteiger partial charge in [-0.25, -0.2) is 10.1 Å². The summed E-state index contributed by atoms with van der Waals surface area (Å²) < 4.78 is 12.0. The highest BCUT2D eigenvalue weighted by molar-refractivity contribution is 5.92. The second-order valence-electron chi connectivity index (χ2n) is 6.79. The number of nitrogen functional groups attached to an aromatic ring is 1. The quantitative estimate of drug-likeness (QED) is 0.285. The number of aromatic nitrogens is 3. The molecular formula is C17H23N9O4. The minimum absolute atomic E-state index is 0.0253. The monoisotopic (exact) mass is 417 g/mol. The smallest absolute Gasteiger partial charge is 0.293 e. The van der Waals surface area contributed by atoms with Crippen LogP contribution >= 0.6 is 0 Å². The van der Waals surface area contributed by atoms with Crippen LogP contribution in [0.2, 0.25) is 0 Å². The molecule has 0 saturated carbocycles. The Bertz CT molecular complexity index is 920. The molecule has 2 fully saturated rings. The van der Waals surface area contributed by atoms with Crippen molar-refractivity contribution in [2.45, 2.75) is 0 Å². The Hall–Kier alpha value is -3.45. The van der Waals surface area contributed by atoms with Crippen LogP contribution in [-0.4, -0.2) is 78.6 Å². The molecule has 2 aliphatic rings. The Morgan fingerprint density at radius 1 is 1.10 bits per heavy atom.